The summed E-state index contributed by atoms with van der Waals surface area (Å²) in [6, 6.07) is 5.35. The minimum absolute atomic E-state index is 0. The van der Waals surface area contributed by atoms with Gasteiger partial charge in [-0.15, -0.1) is 0 Å². The standard InChI is InChI=1S/C28H20BF8O4.Li/c1-38-25-17(30)5-13(6-18(25)31)29(14-7-19(32)26(39-2)20(33)8-14,15-9-21(34)27(40-3)22(35)10-15)16-11-23(36)28(41-4)24(37)12-16;/h5-12H,1-4H3;/q-1;+1. The Balaban J connectivity index is 0.00000484. The molecule has 0 unspecified atom stereocenters. The van der Waals surface area contributed by atoms with Crippen LogP contribution in [0.4, 0.5) is 35.1 Å². The SMILES string of the molecule is COc1c(F)cc([B-](c2cc(F)c(OC)c(F)c2)(c2cc(F)c(OC)c(F)c2)c2cc(F)c(OC)c(F)c2)cc1F.[Li+]. The normalized spacial score (nSPS) is 11.1. The molecule has 0 heterocycles. The van der Waals surface area contributed by atoms with Gasteiger partial charge in [0.1, 0.15) is 6.15 Å². The molecule has 0 saturated carbocycles. The molecule has 0 spiro atoms. The number of halogens is 8. The minimum atomic E-state index is -3.59. The van der Waals surface area contributed by atoms with Gasteiger partial charge in [0.05, 0.1) is 28.4 Å². The second kappa shape index (κ2) is 12.6. The first-order valence-electron chi connectivity index (χ1n) is 11.7. The fraction of sp³-hybridized carbons (Fsp3) is 0.143. The number of rotatable bonds is 8. The Kier molecular flexibility index (Phi) is 9.80. The Bertz CT molecular complexity index is 1320. The Labute approximate surface area is 247 Å². The van der Waals surface area contributed by atoms with Crippen molar-refractivity contribution in [1.82, 2.24) is 0 Å². The van der Waals surface area contributed by atoms with Gasteiger partial charge < -0.3 is 18.9 Å². The molecule has 0 aliphatic heterocycles. The molecule has 0 bridgehead atoms. The molecule has 0 atom stereocenters. The van der Waals surface area contributed by atoms with E-state index in [4.69, 9.17) is 18.9 Å². The Morgan fingerprint density at radius 2 is 0.500 bits per heavy atom. The first-order chi connectivity index (χ1) is 19.4. The van der Waals surface area contributed by atoms with Crippen molar-refractivity contribution in [3.05, 3.63) is 95.1 Å². The van der Waals surface area contributed by atoms with Crippen LogP contribution in [0.3, 0.4) is 0 Å². The van der Waals surface area contributed by atoms with Crippen LogP contribution in [0.2, 0.25) is 0 Å². The van der Waals surface area contributed by atoms with Gasteiger partial charge >= 0.3 is 18.9 Å². The summed E-state index contributed by atoms with van der Waals surface area (Å²) in [4.78, 5) is 0. The van der Waals surface area contributed by atoms with E-state index >= 15 is 35.1 Å². The van der Waals surface area contributed by atoms with Gasteiger partial charge in [0.25, 0.3) is 0 Å². The maximum atomic E-state index is 15.2. The van der Waals surface area contributed by atoms with Crippen LogP contribution < -0.4 is 59.7 Å². The van der Waals surface area contributed by atoms with Gasteiger partial charge in [-0.1, -0.05) is 48.5 Å². The van der Waals surface area contributed by atoms with Crippen molar-refractivity contribution in [1.29, 1.82) is 0 Å². The molecule has 42 heavy (non-hydrogen) atoms. The van der Waals surface area contributed by atoms with E-state index in [-0.39, 0.29) is 18.9 Å². The smallest absolute Gasteiger partial charge is 0.491 e. The average Bonchev–Trinajstić information content (AvgIpc) is 2.89. The average molecular weight is 590 g/mol. The van der Waals surface area contributed by atoms with E-state index in [0.717, 1.165) is 28.4 Å². The minimum Gasteiger partial charge on any atom is -0.491 e. The van der Waals surface area contributed by atoms with Crippen LogP contribution >= 0.6 is 0 Å². The van der Waals surface area contributed by atoms with Crippen LogP contribution in [0.5, 0.6) is 23.0 Å². The second-order valence-electron chi connectivity index (χ2n) is 8.94. The van der Waals surface area contributed by atoms with Gasteiger partial charge in [-0.2, -0.15) is 21.9 Å². The molecule has 4 rings (SSSR count). The molecule has 0 fully saturated rings. The molecule has 4 nitrogen and oxygen atoms in total. The number of ether oxygens (including phenoxy) is 4. The Hall–Kier alpha value is -3.82. The zero-order chi connectivity index (χ0) is 30.2. The van der Waals surface area contributed by atoms with Crippen LogP contribution in [0, 0.1) is 46.5 Å². The summed E-state index contributed by atoms with van der Waals surface area (Å²) < 4.78 is 140. The molecule has 14 heteroatoms. The van der Waals surface area contributed by atoms with E-state index in [1.807, 2.05) is 0 Å². The number of methoxy groups -OCH3 is 4. The van der Waals surface area contributed by atoms with Crippen molar-refractivity contribution in [3.63, 3.8) is 0 Å². The van der Waals surface area contributed by atoms with Gasteiger partial charge in [-0.05, 0) is 0 Å². The number of hydrogen-bond acceptors (Lipinski definition) is 4. The zero-order valence-electron chi connectivity index (χ0n) is 22.9. The van der Waals surface area contributed by atoms with Crippen molar-refractivity contribution in [2.45, 2.75) is 0 Å². The summed E-state index contributed by atoms with van der Waals surface area (Å²) >= 11 is 0. The second-order valence-corrected chi connectivity index (χ2v) is 8.94. The third kappa shape index (κ3) is 5.27. The van der Waals surface area contributed by atoms with Crippen molar-refractivity contribution in [3.8, 4) is 23.0 Å². The fourth-order valence-electron chi connectivity index (χ4n) is 5.25. The molecular weight excluding hydrogens is 570 g/mol. The maximum Gasteiger partial charge on any atom is 1.00 e. The quantitative estimate of drug-likeness (QED) is 0.229. The van der Waals surface area contributed by atoms with E-state index in [0.29, 0.717) is 48.5 Å². The van der Waals surface area contributed by atoms with Gasteiger partial charge in [0.2, 0.25) is 0 Å². The molecule has 0 aliphatic carbocycles. The van der Waals surface area contributed by atoms with Crippen LogP contribution in [0.25, 0.3) is 0 Å². The summed E-state index contributed by atoms with van der Waals surface area (Å²) in [7, 11) is 3.87. The van der Waals surface area contributed by atoms with Crippen molar-refractivity contribution in [2.75, 3.05) is 28.4 Å². The summed E-state index contributed by atoms with van der Waals surface area (Å²) in [5, 5.41) is 0. The largest absolute Gasteiger partial charge is 1.00 e. The molecule has 0 saturated heterocycles. The van der Waals surface area contributed by atoms with Crippen LogP contribution in [0.15, 0.2) is 48.5 Å². The summed E-state index contributed by atoms with van der Waals surface area (Å²) in [5.41, 5.74) is -2.06. The Morgan fingerprint density at radius 1 is 0.357 bits per heavy atom. The first-order valence-corrected chi connectivity index (χ1v) is 11.7. The van der Waals surface area contributed by atoms with Gasteiger partial charge in [-0.25, -0.2) is 35.1 Å². The predicted octanol–water partition coefficient (Wildman–Crippen LogP) is 1.22. The van der Waals surface area contributed by atoms with Crippen LogP contribution in [0.1, 0.15) is 0 Å². The van der Waals surface area contributed by atoms with E-state index in [9.17, 15) is 0 Å². The summed E-state index contributed by atoms with van der Waals surface area (Å²) in [6.07, 6.45) is -3.59. The van der Waals surface area contributed by atoms with Crippen molar-refractivity contribution in [2.24, 2.45) is 0 Å². The molecular formula is C28H20BF8LiO4. The van der Waals surface area contributed by atoms with Crippen LogP contribution in [-0.2, 0) is 0 Å². The molecule has 216 valence electrons. The molecule has 0 aliphatic rings. The molecule has 0 N–H and O–H groups in total. The van der Waals surface area contributed by atoms with Crippen molar-refractivity contribution >= 4 is 28.0 Å². The molecule has 0 amide bonds. The van der Waals surface area contributed by atoms with Crippen LogP contribution in [-0.4, -0.2) is 34.6 Å². The summed E-state index contributed by atoms with van der Waals surface area (Å²) in [6.45, 7) is 0. The Morgan fingerprint density at radius 3 is 0.619 bits per heavy atom. The molecule has 0 radical (unpaired) electrons. The van der Waals surface area contributed by atoms with Gasteiger partial charge in [0.15, 0.2) is 69.5 Å². The van der Waals surface area contributed by atoms with Crippen molar-refractivity contribution < 1.29 is 72.9 Å². The van der Waals surface area contributed by atoms with E-state index in [2.05, 4.69) is 0 Å². The molecule has 4 aromatic carbocycles. The van der Waals surface area contributed by atoms with E-state index in [1.165, 1.54) is 0 Å². The van der Waals surface area contributed by atoms with E-state index in [1.54, 1.807) is 0 Å². The third-order valence-corrected chi connectivity index (χ3v) is 6.90. The maximum absolute atomic E-state index is 15.2. The number of hydrogen-bond donors (Lipinski definition) is 0. The predicted molar refractivity (Wildman–Crippen MR) is 136 cm³/mol. The van der Waals surface area contributed by atoms with Gasteiger partial charge in [-0.3, -0.25) is 0 Å². The zero-order valence-corrected chi connectivity index (χ0v) is 22.9. The van der Waals surface area contributed by atoms with E-state index < -0.39 is 97.5 Å². The third-order valence-electron chi connectivity index (χ3n) is 6.90. The fourth-order valence-corrected chi connectivity index (χ4v) is 5.25. The summed E-state index contributed by atoms with van der Waals surface area (Å²) in [5.74, 6) is -14.0. The molecule has 4 aromatic rings. The van der Waals surface area contributed by atoms with Gasteiger partial charge in [0, 0.05) is 0 Å². The monoisotopic (exact) mass is 590 g/mol. The number of benzene rings is 4. The topological polar surface area (TPSA) is 36.9 Å². The molecule has 0 aromatic heterocycles. The first kappa shape index (κ1) is 32.7.